The first-order valence-electron chi connectivity index (χ1n) is 9.52. The molecule has 1 aromatic carbocycles. The minimum atomic E-state index is -3.51. The van der Waals surface area contributed by atoms with Crippen LogP contribution in [0.15, 0.2) is 29.2 Å². The van der Waals surface area contributed by atoms with Gasteiger partial charge in [0.05, 0.1) is 4.90 Å². The zero-order valence-electron chi connectivity index (χ0n) is 15.6. The Labute approximate surface area is 156 Å². The smallest absolute Gasteiger partial charge is 0.265 e. The molecule has 1 aromatic rings. The van der Waals surface area contributed by atoms with Crippen LogP contribution in [0.2, 0.25) is 0 Å². The summed E-state index contributed by atoms with van der Waals surface area (Å²) in [5.74, 6) is 0.544. The van der Waals surface area contributed by atoms with E-state index in [1.807, 2.05) is 5.01 Å². The van der Waals surface area contributed by atoms with Crippen LogP contribution in [0.5, 0.6) is 0 Å². The third-order valence-electron chi connectivity index (χ3n) is 5.21. The number of benzene rings is 1. The number of rotatable bonds is 4. The zero-order chi connectivity index (χ0) is 18.7. The molecule has 3 rings (SSSR count). The number of hydrogen-bond acceptors (Lipinski definition) is 4. The third kappa shape index (κ3) is 4.45. The Balaban J connectivity index is 1.69. The number of carbonyl (C=O) groups excluding carboxylic acids is 1. The largest absolute Gasteiger partial charge is 0.285 e. The highest BCUT2D eigenvalue weighted by atomic mass is 32.2. The van der Waals surface area contributed by atoms with Gasteiger partial charge < -0.3 is 0 Å². The molecule has 26 heavy (non-hydrogen) atoms. The molecule has 0 saturated carbocycles. The van der Waals surface area contributed by atoms with E-state index in [-0.39, 0.29) is 10.8 Å². The minimum Gasteiger partial charge on any atom is -0.285 e. The lowest BCUT2D eigenvalue weighted by Gasteiger charge is -2.34. The van der Waals surface area contributed by atoms with Gasteiger partial charge in [-0.3, -0.25) is 10.2 Å². The van der Waals surface area contributed by atoms with Crippen LogP contribution in [0.3, 0.4) is 0 Å². The molecule has 2 heterocycles. The average molecular weight is 380 g/mol. The molecule has 0 radical (unpaired) electrons. The topological polar surface area (TPSA) is 69.7 Å². The maximum atomic E-state index is 12.9. The molecule has 1 amide bonds. The van der Waals surface area contributed by atoms with Gasteiger partial charge in [0.2, 0.25) is 10.0 Å². The van der Waals surface area contributed by atoms with Crippen molar-refractivity contribution in [3.05, 3.63) is 29.8 Å². The van der Waals surface area contributed by atoms with Crippen LogP contribution in [0.4, 0.5) is 0 Å². The number of nitrogens with one attached hydrogen (secondary N) is 1. The predicted molar refractivity (Wildman–Crippen MR) is 101 cm³/mol. The number of piperidine rings is 2. The van der Waals surface area contributed by atoms with Gasteiger partial charge >= 0.3 is 0 Å². The molecule has 0 unspecified atom stereocenters. The van der Waals surface area contributed by atoms with Crippen molar-refractivity contribution in [1.29, 1.82) is 0 Å². The van der Waals surface area contributed by atoms with E-state index in [4.69, 9.17) is 0 Å². The Bertz CT molecular complexity index is 717. The summed E-state index contributed by atoms with van der Waals surface area (Å²) in [6.45, 7) is 7.03. The summed E-state index contributed by atoms with van der Waals surface area (Å²) < 4.78 is 27.4. The Kier molecular flexibility index (Phi) is 5.99. The Morgan fingerprint density at radius 3 is 2.15 bits per heavy atom. The van der Waals surface area contributed by atoms with Crippen LogP contribution >= 0.6 is 0 Å². The molecule has 2 aliphatic heterocycles. The monoisotopic (exact) mass is 379 g/mol. The van der Waals surface area contributed by atoms with Crippen molar-refractivity contribution in [1.82, 2.24) is 14.7 Å². The van der Waals surface area contributed by atoms with Crippen LogP contribution in [-0.4, -0.2) is 49.8 Å². The summed E-state index contributed by atoms with van der Waals surface area (Å²) in [4.78, 5) is 12.6. The third-order valence-corrected chi connectivity index (χ3v) is 7.05. The molecular formula is C19H29N3O3S. The van der Waals surface area contributed by atoms with Gasteiger partial charge in [-0.15, -0.1) is 0 Å². The Morgan fingerprint density at radius 1 is 1.00 bits per heavy atom. The van der Waals surface area contributed by atoms with E-state index in [1.54, 1.807) is 28.6 Å². The molecular weight excluding hydrogens is 350 g/mol. The lowest BCUT2D eigenvalue weighted by Crippen LogP contribution is -2.45. The lowest BCUT2D eigenvalue weighted by molar-refractivity contribution is 0.0750. The van der Waals surface area contributed by atoms with Gasteiger partial charge in [0, 0.05) is 31.7 Å². The molecule has 0 spiro atoms. The second-order valence-electron chi connectivity index (χ2n) is 7.78. The average Bonchev–Trinajstić information content (AvgIpc) is 2.62. The molecule has 2 fully saturated rings. The highest BCUT2D eigenvalue weighted by Gasteiger charge is 2.31. The number of nitrogens with zero attached hydrogens (tertiary/aromatic N) is 2. The molecule has 2 aliphatic rings. The fraction of sp³-hybridized carbons (Fsp3) is 0.632. The maximum Gasteiger partial charge on any atom is 0.265 e. The predicted octanol–water partition coefficient (Wildman–Crippen LogP) is 2.48. The number of hydrogen-bond donors (Lipinski definition) is 1. The van der Waals surface area contributed by atoms with Crippen LogP contribution < -0.4 is 5.43 Å². The van der Waals surface area contributed by atoms with Gasteiger partial charge in [0.1, 0.15) is 0 Å². The van der Waals surface area contributed by atoms with E-state index >= 15 is 0 Å². The van der Waals surface area contributed by atoms with E-state index in [1.165, 1.54) is 6.42 Å². The number of carbonyl (C=O) groups is 1. The highest BCUT2D eigenvalue weighted by molar-refractivity contribution is 7.89. The van der Waals surface area contributed by atoms with Gasteiger partial charge in [-0.25, -0.2) is 13.4 Å². The summed E-state index contributed by atoms with van der Waals surface area (Å²) in [6.07, 6.45) is 4.43. The number of amides is 1. The fourth-order valence-corrected chi connectivity index (χ4v) is 5.62. The van der Waals surface area contributed by atoms with Crippen LogP contribution in [0.1, 0.15) is 49.9 Å². The van der Waals surface area contributed by atoms with E-state index in [0.29, 0.717) is 30.5 Å². The van der Waals surface area contributed by atoms with Crippen molar-refractivity contribution in [2.24, 2.45) is 11.8 Å². The molecule has 2 atom stereocenters. The number of hydrazine groups is 1. The second kappa shape index (κ2) is 8.06. The fourth-order valence-electron chi connectivity index (χ4n) is 3.94. The molecule has 144 valence electrons. The van der Waals surface area contributed by atoms with Crippen molar-refractivity contribution in [2.75, 3.05) is 26.2 Å². The van der Waals surface area contributed by atoms with E-state index < -0.39 is 10.0 Å². The molecule has 1 N–H and O–H groups in total. The number of sulfonamides is 1. The molecule has 6 nitrogen and oxygen atoms in total. The van der Waals surface area contributed by atoms with Gasteiger partial charge in [-0.2, -0.15) is 4.31 Å². The molecule has 2 saturated heterocycles. The van der Waals surface area contributed by atoms with Gasteiger partial charge in [-0.1, -0.05) is 20.3 Å². The van der Waals surface area contributed by atoms with Crippen LogP contribution in [0.25, 0.3) is 0 Å². The Morgan fingerprint density at radius 2 is 1.58 bits per heavy atom. The van der Waals surface area contributed by atoms with Crippen molar-refractivity contribution in [3.8, 4) is 0 Å². The van der Waals surface area contributed by atoms with E-state index in [2.05, 4.69) is 19.3 Å². The standard InChI is InChI=1S/C19H29N3O3S/c1-15-12-16(2)14-22(13-15)26(24,25)18-8-6-17(7-9-18)19(23)20-21-10-4-3-5-11-21/h6-9,15-16H,3-5,10-14H2,1-2H3,(H,20,23)/t15-,16-/m0/s1. The summed E-state index contributed by atoms with van der Waals surface area (Å²) in [5, 5.41) is 1.94. The summed E-state index contributed by atoms with van der Waals surface area (Å²) in [7, 11) is -3.51. The summed E-state index contributed by atoms with van der Waals surface area (Å²) in [6, 6.07) is 6.29. The highest BCUT2D eigenvalue weighted by Crippen LogP contribution is 2.26. The van der Waals surface area contributed by atoms with Crippen LogP contribution in [-0.2, 0) is 10.0 Å². The normalized spacial score (nSPS) is 25.8. The maximum absolute atomic E-state index is 12.9. The first kappa shape index (κ1) is 19.3. The Hall–Kier alpha value is -1.44. The first-order valence-corrected chi connectivity index (χ1v) is 11.0. The molecule has 0 aromatic heterocycles. The summed E-state index contributed by atoms with van der Waals surface area (Å²) >= 11 is 0. The van der Waals surface area contributed by atoms with Crippen molar-refractivity contribution in [3.63, 3.8) is 0 Å². The minimum absolute atomic E-state index is 0.184. The SMILES string of the molecule is C[C@H]1C[C@H](C)CN(S(=O)(=O)c2ccc(C(=O)NN3CCCCC3)cc2)C1. The van der Waals surface area contributed by atoms with Crippen LogP contribution in [0, 0.1) is 11.8 Å². The summed E-state index contributed by atoms with van der Waals surface area (Å²) in [5.41, 5.74) is 3.38. The van der Waals surface area contributed by atoms with Crippen molar-refractivity contribution < 1.29 is 13.2 Å². The molecule has 7 heteroatoms. The zero-order valence-corrected chi connectivity index (χ0v) is 16.5. The van der Waals surface area contributed by atoms with E-state index in [0.717, 1.165) is 32.4 Å². The van der Waals surface area contributed by atoms with Crippen molar-refractivity contribution in [2.45, 2.75) is 44.4 Å². The van der Waals surface area contributed by atoms with Gasteiger partial charge in [0.15, 0.2) is 0 Å². The first-order chi connectivity index (χ1) is 12.4. The second-order valence-corrected chi connectivity index (χ2v) is 9.72. The molecule has 0 bridgehead atoms. The van der Waals surface area contributed by atoms with Gasteiger partial charge in [-0.05, 0) is 55.4 Å². The van der Waals surface area contributed by atoms with Crippen molar-refractivity contribution >= 4 is 15.9 Å². The quantitative estimate of drug-likeness (QED) is 0.873. The lowest BCUT2D eigenvalue weighted by atomic mass is 9.94. The van der Waals surface area contributed by atoms with E-state index in [9.17, 15) is 13.2 Å². The van der Waals surface area contributed by atoms with Gasteiger partial charge in [0.25, 0.3) is 5.91 Å². The molecule has 0 aliphatic carbocycles.